The van der Waals surface area contributed by atoms with Gasteiger partial charge in [-0.25, -0.2) is 9.97 Å². The standard InChI is InChI=1S/C22H13Cl2F3N6OS2/c23-11-1-3-15(22(25,26)27)10(5-11)6-13-8-28-20(36-13)30-17(34)9-35-21-31-19-18(32-33-21)14-7-12(24)2-4-16(14)29-19/h1-5,7-8H,6,9H2,(H,28,30,34)(H,29,31,33). The fourth-order valence-electron chi connectivity index (χ4n) is 3.50. The molecular weight excluding hydrogens is 556 g/mol. The number of carbonyl (C=O) groups excluding carboxylic acids is 1. The minimum absolute atomic E-state index is 0.0132. The van der Waals surface area contributed by atoms with Crippen LogP contribution in [0.4, 0.5) is 18.3 Å². The number of aromatic amines is 1. The van der Waals surface area contributed by atoms with Gasteiger partial charge >= 0.3 is 6.18 Å². The Balaban J connectivity index is 1.22. The number of halogens is 5. The lowest BCUT2D eigenvalue weighted by Gasteiger charge is -2.12. The molecule has 2 N–H and O–H groups in total. The van der Waals surface area contributed by atoms with Gasteiger partial charge in [-0.05, 0) is 42.0 Å². The molecule has 0 aliphatic rings. The van der Waals surface area contributed by atoms with Crippen molar-refractivity contribution in [3.05, 3.63) is 68.6 Å². The van der Waals surface area contributed by atoms with Crippen LogP contribution in [-0.4, -0.2) is 36.8 Å². The number of carbonyl (C=O) groups is 1. The summed E-state index contributed by atoms with van der Waals surface area (Å²) in [5.41, 5.74) is 1.19. The molecule has 5 rings (SSSR count). The summed E-state index contributed by atoms with van der Waals surface area (Å²) >= 11 is 14.1. The maximum Gasteiger partial charge on any atom is 0.416 e. The average molecular weight is 569 g/mol. The molecule has 5 aromatic rings. The summed E-state index contributed by atoms with van der Waals surface area (Å²) in [4.78, 5) is 24.6. The minimum atomic E-state index is -4.50. The second-order valence-corrected chi connectivity index (χ2v) is 10.5. The van der Waals surface area contributed by atoms with Gasteiger partial charge in [-0.2, -0.15) is 13.2 Å². The van der Waals surface area contributed by atoms with Crippen LogP contribution in [0.3, 0.4) is 0 Å². The van der Waals surface area contributed by atoms with E-state index >= 15 is 0 Å². The molecule has 0 saturated heterocycles. The van der Waals surface area contributed by atoms with E-state index in [0.717, 1.165) is 40.1 Å². The van der Waals surface area contributed by atoms with Gasteiger partial charge in [0.25, 0.3) is 0 Å². The molecule has 7 nitrogen and oxygen atoms in total. The average Bonchev–Trinajstić information content (AvgIpc) is 3.40. The highest BCUT2D eigenvalue weighted by Gasteiger charge is 2.33. The molecule has 2 aromatic carbocycles. The SMILES string of the molecule is O=C(CSc1nnc2c(n1)[nH]c1ccc(Cl)cc12)Nc1ncc(Cc2cc(Cl)ccc2C(F)(F)F)s1. The van der Waals surface area contributed by atoms with Crippen LogP contribution in [0, 0.1) is 0 Å². The molecule has 0 aliphatic carbocycles. The van der Waals surface area contributed by atoms with Gasteiger partial charge < -0.3 is 10.3 Å². The molecule has 3 aromatic heterocycles. The molecule has 1 amide bonds. The van der Waals surface area contributed by atoms with E-state index in [1.165, 1.54) is 18.3 Å². The lowest BCUT2D eigenvalue weighted by molar-refractivity contribution is -0.138. The number of thiazole rings is 1. The first-order chi connectivity index (χ1) is 17.2. The molecule has 0 radical (unpaired) electrons. The first-order valence-corrected chi connectivity index (χ1v) is 12.8. The maximum atomic E-state index is 13.3. The topological polar surface area (TPSA) is 96.5 Å². The predicted octanol–water partition coefficient (Wildman–Crippen LogP) is 6.61. The zero-order chi connectivity index (χ0) is 25.4. The van der Waals surface area contributed by atoms with Crippen molar-refractivity contribution in [1.29, 1.82) is 0 Å². The lowest BCUT2D eigenvalue weighted by atomic mass is 10.0. The minimum Gasteiger partial charge on any atom is -0.338 e. The van der Waals surface area contributed by atoms with Crippen LogP contribution >= 0.6 is 46.3 Å². The van der Waals surface area contributed by atoms with Crippen molar-refractivity contribution in [2.45, 2.75) is 17.8 Å². The number of hydrogen-bond acceptors (Lipinski definition) is 7. The Kier molecular flexibility index (Phi) is 6.77. The van der Waals surface area contributed by atoms with Crippen LogP contribution in [-0.2, 0) is 17.4 Å². The number of aromatic nitrogens is 5. The first kappa shape index (κ1) is 24.8. The van der Waals surface area contributed by atoms with E-state index in [4.69, 9.17) is 23.2 Å². The van der Waals surface area contributed by atoms with Gasteiger partial charge in [0.05, 0.1) is 11.3 Å². The van der Waals surface area contributed by atoms with Gasteiger partial charge in [0.1, 0.15) is 5.52 Å². The van der Waals surface area contributed by atoms with Crippen LogP contribution in [0.2, 0.25) is 10.0 Å². The molecular formula is C22H13Cl2F3N6OS2. The Bertz CT molecular complexity index is 1600. The molecule has 36 heavy (non-hydrogen) atoms. The third-order valence-electron chi connectivity index (χ3n) is 5.03. The van der Waals surface area contributed by atoms with Crippen LogP contribution in [0.5, 0.6) is 0 Å². The van der Waals surface area contributed by atoms with Crippen molar-refractivity contribution >= 4 is 79.4 Å². The zero-order valence-corrected chi connectivity index (χ0v) is 21.0. The highest BCUT2D eigenvalue weighted by atomic mass is 35.5. The Morgan fingerprint density at radius 3 is 2.69 bits per heavy atom. The predicted molar refractivity (Wildman–Crippen MR) is 135 cm³/mol. The fraction of sp³-hybridized carbons (Fsp3) is 0.136. The molecule has 0 unspecified atom stereocenters. The monoisotopic (exact) mass is 568 g/mol. The molecule has 0 atom stereocenters. The summed E-state index contributed by atoms with van der Waals surface area (Å²) in [5.74, 6) is -0.382. The van der Waals surface area contributed by atoms with E-state index in [1.54, 1.807) is 12.1 Å². The molecule has 0 saturated carbocycles. The molecule has 184 valence electrons. The van der Waals surface area contributed by atoms with Crippen LogP contribution < -0.4 is 5.32 Å². The van der Waals surface area contributed by atoms with E-state index in [1.807, 2.05) is 6.07 Å². The summed E-state index contributed by atoms with van der Waals surface area (Å²) in [5, 5.41) is 13.0. The number of hydrogen-bond donors (Lipinski definition) is 2. The molecule has 0 aliphatic heterocycles. The van der Waals surface area contributed by atoms with Crippen molar-refractivity contribution in [1.82, 2.24) is 25.1 Å². The third kappa shape index (κ3) is 5.41. The summed E-state index contributed by atoms with van der Waals surface area (Å²) in [7, 11) is 0. The van der Waals surface area contributed by atoms with Gasteiger partial charge in [-0.15, -0.1) is 21.5 Å². The normalized spacial score (nSPS) is 11.9. The smallest absolute Gasteiger partial charge is 0.338 e. The second kappa shape index (κ2) is 9.85. The molecule has 14 heteroatoms. The molecule has 3 heterocycles. The van der Waals surface area contributed by atoms with Gasteiger partial charge in [0, 0.05) is 38.4 Å². The van der Waals surface area contributed by atoms with Gasteiger partial charge in [-0.3, -0.25) is 4.79 Å². The van der Waals surface area contributed by atoms with E-state index in [0.29, 0.717) is 26.2 Å². The van der Waals surface area contributed by atoms with Gasteiger partial charge in [-0.1, -0.05) is 35.0 Å². The Hall–Kier alpha value is -2.93. The lowest BCUT2D eigenvalue weighted by Crippen LogP contribution is -2.14. The first-order valence-electron chi connectivity index (χ1n) is 10.2. The van der Waals surface area contributed by atoms with Crippen molar-refractivity contribution < 1.29 is 18.0 Å². The molecule has 0 fully saturated rings. The number of anilines is 1. The Morgan fingerprint density at radius 2 is 1.89 bits per heavy atom. The summed E-state index contributed by atoms with van der Waals surface area (Å²) in [6.07, 6.45) is -3.09. The number of rotatable bonds is 6. The molecule has 0 spiro atoms. The van der Waals surface area contributed by atoms with Gasteiger partial charge in [0.2, 0.25) is 11.1 Å². The highest BCUT2D eigenvalue weighted by molar-refractivity contribution is 7.99. The number of amides is 1. The van der Waals surface area contributed by atoms with Crippen LogP contribution in [0.25, 0.3) is 22.1 Å². The van der Waals surface area contributed by atoms with E-state index in [2.05, 4.69) is 30.5 Å². The maximum absolute atomic E-state index is 13.3. The van der Waals surface area contributed by atoms with Gasteiger partial charge in [0.15, 0.2) is 10.8 Å². The zero-order valence-electron chi connectivity index (χ0n) is 17.9. The van der Waals surface area contributed by atoms with E-state index in [-0.39, 0.29) is 33.8 Å². The summed E-state index contributed by atoms with van der Waals surface area (Å²) in [6.45, 7) is 0. The number of thioether (sulfide) groups is 1. The van der Waals surface area contributed by atoms with E-state index in [9.17, 15) is 18.0 Å². The van der Waals surface area contributed by atoms with Crippen molar-refractivity contribution in [3.63, 3.8) is 0 Å². The number of alkyl halides is 3. The third-order valence-corrected chi connectivity index (χ3v) is 7.25. The van der Waals surface area contributed by atoms with Crippen LogP contribution in [0.1, 0.15) is 16.0 Å². The highest BCUT2D eigenvalue weighted by Crippen LogP contribution is 2.35. The Morgan fingerprint density at radius 1 is 1.11 bits per heavy atom. The number of fused-ring (bicyclic) bond motifs is 3. The Labute approximate surface area is 219 Å². The number of H-pyrrole nitrogens is 1. The fourth-order valence-corrected chi connectivity index (χ4v) is 5.30. The number of nitrogens with one attached hydrogen (secondary N) is 2. The number of nitrogens with zero attached hydrogens (tertiary/aromatic N) is 4. The number of benzene rings is 2. The summed E-state index contributed by atoms with van der Waals surface area (Å²) < 4.78 is 39.9. The second-order valence-electron chi connectivity index (χ2n) is 7.55. The van der Waals surface area contributed by atoms with Crippen molar-refractivity contribution in [2.24, 2.45) is 0 Å². The van der Waals surface area contributed by atoms with Crippen molar-refractivity contribution in [3.8, 4) is 0 Å². The summed E-state index contributed by atoms with van der Waals surface area (Å²) in [6, 6.07) is 8.78. The van der Waals surface area contributed by atoms with Crippen molar-refractivity contribution in [2.75, 3.05) is 11.1 Å². The van der Waals surface area contributed by atoms with E-state index < -0.39 is 11.7 Å². The molecule has 0 bridgehead atoms. The van der Waals surface area contributed by atoms with Crippen LogP contribution in [0.15, 0.2) is 47.8 Å². The largest absolute Gasteiger partial charge is 0.416 e. The quantitative estimate of drug-likeness (QED) is 0.224.